The summed E-state index contributed by atoms with van der Waals surface area (Å²) >= 11 is 0. The monoisotopic (exact) mass is 128 g/mol. The molecule has 0 aromatic carbocycles. The summed E-state index contributed by atoms with van der Waals surface area (Å²) in [6.45, 7) is 8.02. The Hall–Kier alpha value is -0.920. The van der Waals surface area contributed by atoms with Crippen molar-refractivity contribution in [3.8, 4) is 0 Å². The number of hydrogen-bond donors (Lipinski definition) is 0. The van der Waals surface area contributed by atoms with Crippen LogP contribution in [0.2, 0.25) is 0 Å². The molecule has 0 radical (unpaired) electrons. The summed E-state index contributed by atoms with van der Waals surface area (Å²) in [4.78, 5) is 18.8. The topological polar surface area (TPSA) is 34.1 Å². The number of hydrogen-bond acceptors (Lipinski definition) is 2. The van der Waals surface area contributed by atoms with Crippen molar-refractivity contribution >= 4 is 12.1 Å². The van der Waals surface area contributed by atoms with Crippen molar-refractivity contribution in [1.82, 2.24) is 0 Å². The molecule has 0 atom stereocenters. The van der Waals surface area contributed by atoms with E-state index in [0.29, 0.717) is 5.57 Å². The van der Waals surface area contributed by atoms with Gasteiger partial charge in [-0.25, -0.2) is 0 Å². The second kappa shape index (κ2) is 7.08. The lowest BCUT2D eigenvalue weighted by Crippen LogP contribution is -1.69. The summed E-state index contributed by atoms with van der Waals surface area (Å²) < 4.78 is 0. The lowest BCUT2D eigenvalue weighted by atomic mass is 10.4. The van der Waals surface area contributed by atoms with Gasteiger partial charge >= 0.3 is 0 Å². The Bertz CT molecular complexity index is 110. The SMILES string of the molecule is C=C(C)C=O.CC(C)=O. The Morgan fingerprint density at radius 3 is 1.44 bits per heavy atom. The molecule has 0 saturated carbocycles. The highest BCUT2D eigenvalue weighted by Crippen LogP contribution is 1.70. The molecule has 0 bridgehead atoms. The van der Waals surface area contributed by atoms with Crippen molar-refractivity contribution in [2.45, 2.75) is 20.8 Å². The van der Waals surface area contributed by atoms with Gasteiger partial charge in [-0.2, -0.15) is 0 Å². The van der Waals surface area contributed by atoms with Crippen LogP contribution < -0.4 is 0 Å². The van der Waals surface area contributed by atoms with E-state index in [1.807, 2.05) is 0 Å². The van der Waals surface area contributed by atoms with E-state index >= 15 is 0 Å². The second-order valence-corrected chi connectivity index (χ2v) is 1.87. The molecule has 0 heterocycles. The number of allylic oxidation sites excluding steroid dienone is 1. The number of carbonyl (C=O) groups excluding carboxylic acids is 2. The largest absolute Gasteiger partial charge is 0.300 e. The molecule has 0 saturated heterocycles. The summed E-state index contributed by atoms with van der Waals surface area (Å²) in [7, 11) is 0. The number of carbonyl (C=O) groups is 2. The van der Waals surface area contributed by atoms with Crippen molar-refractivity contribution in [2.75, 3.05) is 0 Å². The summed E-state index contributed by atoms with van der Waals surface area (Å²) in [5, 5.41) is 0. The third kappa shape index (κ3) is 157. The summed E-state index contributed by atoms with van der Waals surface area (Å²) in [5.41, 5.74) is 0.574. The molecular weight excluding hydrogens is 116 g/mol. The fourth-order valence-electron chi connectivity index (χ4n) is 0. The van der Waals surface area contributed by atoms with E-state index in [2.05, 4.69) is 6.58 Å². The predicted molar refractivity (Wildman–Crippen MR) is 37.2 cm³/mol. The molecule has 0 unspecified atom stereocenters. The van der Waals surface area contributed by atoms with Crippen LogP contribution in [0.3, 0.4) is 0 Å². The van der Waals surface area contributed by atoms with E-state index in [9.17, 15) is 9.59 Å². The predicted octanol–water partition coefficient (Wildman–Crippen LogP) is 1.36. The lowest BCUT2D eigenvalue weighted by Gasteiger charge is -1.65. The zero-order valence-corrected chi connectivity index (χ0v) is 6.10. The Labute approximate surface area is 55.6 Å². The molecule has 2 nitrogen and oxygen atoms in total. The maximum atomic E-state index is 9.44. The van der Waals surface area contributed by atoms with E-state index < -0.39 is 0 Å². The van der Waals surface area contributed by atoms with Crippen LogP contribution in [-0.4, -0.2) is 12.1 Å². The van der Waals surface area contributed by atoms with Gasteiger partial charge in [0.2, 0.25) is 0 Å². The summed E-state index contributed by atoms with van der Waals surface area (Å²) in [6.07, 6.45) is 0.722. The van der Waals surface area contributed by atoms with Crippen LogP contribution in [0.1, 0.15) is 20.8 Å². The molecule has 0 rings (SSSR count). The van der Waals surface area contributed by atoms with Crippen LogP contribution in [0.25, 0.3) is 0 Å². The smallest absolute Gasteiger partial charge is 0.145 e. The first-order valence-corrected chi connectivity index (χ1v) is 2.58. The van der Waals surface area contributed by atoms with E-state index in [0.717, 1.165) is 6.29 Å². The molecule has 0 fully saturated rings. The molecule has 0 aliphatic carbocycles. The maximum Gasteiger partial charge on any atom is 0.145 e. The van der Waals surface area contributed by atoms with E-state index in [1.54, 1.807) is 6.92 Å². The van der Waals surface area contributed by atoms with E-state index in [4.69, 9.17) is 0 Å². The Morgan fingerprint density at radius 1 is 1.33 bits per heavy atom. The van der Waals surface area contributed by atoms with Gasteiger partial charge in [-0.05, 0) is 26.3 Å². The molecule has 9 heavy (non-hydrogen) atoms. The first kappa shape index (κ1) is 11.0. The number of rotatable bonds is 1. The summed E-state index contributed by atoms with van der Waals surface area (Å²) in [5.74, 6) is 0.167. The fourth-order valence-corrected chi connectivity index (χ4v) is 0. The quantitative estimate of drug-likeness (QED) is 0.394. The first-order valence-electron chi connectivity index (χ1n) is 2.58. The van der Waals surface area contributed by atoms with Gasteiger partial charge in [-0.15, -0.1) is 0 Å². The van der Waals surface area contributed by atoms with Gasteiger partial charge in [-0.3, -0.25) is 4.79 Å². The molecule has 0 aromatic rings. The molecule has 0 aliphatic rings. The third-order valence-corrected chi connectivity index (χ3v) is 0.201. The zero-order chi connectivity index (χ0) is 7.86. The number of ketones is 1. The van der Waals surface area contributed by atoms with Gasteiger partial charge in [0.25, 0.3) is 0 Å². The van der Waals surface area contributed by atoms with Crippen LogP contribution in [0.5, 0.6) is 0 Å². The standard InChI is InChI=1S/C4H6O.C3H6O/c1-4(2)3-5;1-3(2)4/h3H,1H2,2H3;1-2H3. The Morgan fingerprint density at radius 2 is 1.44 bits per heavy atom. The van der Waals surface area contributed by atoms with Crippen molar-refractivity contribution in [3.63, 3.8) is 0 Å². The van der Waals surface area contributed by atoms with Gasteiger partial charge in [0.15, 0.2) is 0 Å². The van der Waals surface area contributed by atoms with Gasteiger partial charge in [0.05, 0.1) is 0 Å². The molecule has 0 amide bonds. The molecule has 0 spiro atoms. The van der Waals surface area contributed by atoms with Gasteiger partial charge in [-0.1, -0.05) is 6.58 Å². The van der Waals surface area contributed by atoms with Gasteiger partial charge in [0.1, 0.15) is 12.1 Å². The highest BCUT2D eigenvalue weighted by molar-refractivity contribution is 5.72. The highest BCUT2D eigenvalue weighted by Gasteiger charge is 1.66. The Balaban J connectivity index is 0. The minimum absolute atomic E-state index is 0.167. The molecule has 0 aliphatic heterocycles. The molecule has 2 heteroatoms. The van der Waals surface area contributed by atoms with Gasteiger partial charge < -0.3 is 4.79 Å². The van der Waals surface area contributed by atoms with Crippen molar-refractivity contribution in [1.29, 1.82) is 0 Å². The van der Waals surface area contributed by atoms with Crippen LogP contribution >= 0.6 is 0 Å². The second-order valence-electron chi connectivity index (χ2n) is 1.87. The van der Waals surface area contributed by atoms with Crippen molar-refractivity contribution in [3.05, 3.63) is 12.2 Å². The number of Topliss-reactive ketones (excluding diaryl/α,β-unsaturated/α-hetero) is 1. The van der Waals surface area contributed by atoms with Crippen LogP contribution in [0, 0.1) is 0 Å². The molecule has 0 N–H and O–H groups in total. The lowest BCUT2D eigenvalue weighted by molar-refractivity contribution is -0.115. The minimum Gasteiger partial charge on any atom is -0.300 e. The highest BCUT2D eigenvalue weighted by atomic mass is 16.1. The molecule has 0 aromatic heterocycles. The molecular formula is C7H12O2. The normalized spacial score (nSPS) is 6.56. The molecule has 52 valence electrons. The number of aldehydes is 1. The van der Waals surface area contributed by atoms with Crippen LogP contribution in [0.4, 0.5) is 0 Å². The van der Waals surface area contributed by atoms with Crippen molar-refractivity contribution in [2.24, 2.45) is 0 Å². The maximum absolute atomic E-state index is 9.44. The Kier molecular flexibility index (Phi) is 8.62. The summed E-state index contributed by atoms with van der Waals surface area (Å²) in [6, 6.07) is 0. The third-order valence-electron chi connectivity index (χ3n) is 0.201. The van der Waals surface area contributed by atoms with E-state index in [-0.39, 0.29) is 5.78 Å². The van der Waals surface area contributed by atoms with Crippen LogP contribution in [0.15, 0.2) is 12.2 Å². The average molecular weight is 128 g/mol. The van der Waals surface area contributed by atoms with E-state index in [1.165, 1.54) is 13.8 Å². The zero-order valence-electron chi connectivity index (χ0n) is 6.10. The fraction of sp³-hybridized carbons (Fsp3) is 0.429. The van der Waals surface area contributed by atoms with Crippen molar-refractivity contribution < 1.29 is 9.59 Å². The minimum atomic E-state index is 0.167. The van der Waals surface area contributed by atoms with Gasteiger partial charge in [0, 0.05) is 0 Å². The average Bonchev–Trinajstić information content (AvgIpc) is 1.65. The first-order chi connectivity index (χ1) is 4.00. The van der Waals surface area contributed by atoms with Crippen LogP contribution in [-0.2, 0) is 9.59 Å².